The predicted molar refractivity (Wildman–Crippen MR) is 82.2 cm³/mol. The molecule has 0 saturated carbocycles. The molecular formula is C14H25BrN4. The van der Waals surface area contributed by atoms with Gasteiger partial charge in [0.2, 0.25) is 0 Å². The van der Waals surface area contributed by atoms with Crippen molar-refractivity contribution in [2.75, 3.05) is 26.7 Å². The Kier molecular flexibility index (Phi) is 5.42. The Hall–Kier alpha value is -0.390. The summed E-state index contributed by atoms with van der Waals surface area (Å²) >= 11 is 3.66. The van der Waals surface area contributed by atoms with Crippen LogP contribution >= 0.6 is 15.9 Å². The third-order valence-corrected chi connectivity index (χ3v) is 5.18. The number of halogens is 1. The normalized spacial score (nSPS) is 18.1. The van der Waals surface area contributed by atoms with Crippen molar-refractivity contribution in [1.29, 1.82) is 0 Å². The molecule has 0 unspecified atom stereocenters. The molecule has 1 N–H and O–H groups in total. The van der Waals surface area contributed by atoms with Crippen molar-refractivity contribution < 1.29 is 0 Å². The number of aryl methyl sites for hydroxylation is 2. The van der Waals surface area contributed by atoms with E-state index in [-0.39, 0.29) is 0 Å². The first-order valence-electron chi connectivity index (χ1n) is 7.16. The van der Waals surface area contributed by atoms with E-state index in [4.69, 9.17) is 0 Å². The van der Waals surface area contributed by atoms with Crippen LogP contribution in [0.3, 0.4) is 0 Å². The summed E-state index contributed by atoms with van der Waals surface area (Å²) in [5.74, 6) is 0.903. The van der Waals surface area contributed by atoms with Crippen LogP contribution in [0.25, 0.3) is 0 Å². The van der Waals surface area contributed by atoms with Crippen molar-refractivity contribution in [3.05, 3.63) is 15.9 Å². The van der Waals surface area contributed by atoms with E-state index in [1.54, 1.807) is 0 Å². The lowest BCUT2D eigenvalue weighted by molar-refractivity contribution is 0.168. The fraction of sp³-hybridized carbons (Fsp3) is 0.786. The highest BCUT2D eigenvalue weighted by Crippen LogP contribution is 2.25. The van der Waals surface area contributed by atoms with Gasteiger partial charge in [-0.15, -0.1) is 0 Å². The molecule has 4 nitrogen and oxygen atoms in total. The average Bonchev–Trinajstić information content (AvgIpc) is 2.64. The lowest BCUT2D eigenvalue weighted by atomic mass is 9.93. The van der Waals surface area contributed by atoms with Gasteiger partial charge in [0, 0.05) is 13.6 Å². The van der Waals surface area contributed by atoms with Gasteiger partial charge >= 0.3 is 0 Å². The van der Waals surface area contributed by atoms with Gasteiger partial charge in [0.1, 0.15) is 0 Å². The van der Waals surface area contributed by atoms with Crippen LogP contribution in [0.15, 0.2) is 4.47 Å². The van der Waals surface area contributed by atoms with Crippen LogP contribution < -0.4 is 5.32 Å². The Morgan fingerprint density at radius 2 is 2.05 bits per heavy atom. The second-order valence-corrected chi connectivity index (χ2v) is 6.37. The molecule has 0 spiro atoms. The van der Waals surface area contributed by atoms with E-state index >= 15 is 0 Å². The molecule has 0 atom stereocenters. The summed E-state index contributed by atoms with van der Waals surface area (Å²) < 4.78 is 3.18. The second-order valence-electron chi connectivity index (χ2n) is 5.58. The summed E-state index contributed by atoms with van der Waals surface area (Å²) in [5, 5.41) is 7.72. The van der Waals surface area contributed by atoms with E-state index in [0.29, 0.717) is 0 Å². The van der Waals surface area contributed by atoms with Gasteiger partial charge in [-0.25, -0.2) is 0 Å². The zero-order valence-corrected chi connectivity index (χ0v) is 13.8. The van der Waals surface area contributed by atoms with Gasteiger partial charge in [0.05, 0.1) is 15.9 Å². The summed E-state index contributed by atoms with van der Waals surface area (Å²) in [5.41, 5.74) is 2.38. The van der Waals surface area contributed by atoms with Crippen LogP contribution in [0.2, 0.25) is 0 Å². The minimum Gasteiger partial charge on any atom is -0.320 e. The van der Waals surface area contributed by atoms with Gasteiger partial charge in [-0.05, 0) is 74.7 Å². The van der Waals surface area contributed by atoms with Crippen LogP contribution in [-0.4, -0.2) is 41.4 Å². The molecule has 1 aromatic heterocycles. The van der Waals surface area contributed by atoms with Crippen LogP contribution in [0, 0.1) is 12.8 Å². The molecule has 0 amide bonds. The molecule has 2 heterocycles. The number of likely N-dealkylation sites (tertiary alicyclic amines) is 1. The highest BCUT2D eigenvalue weighted by molar-refractivity contribution is 9.10. The van der Waals surface area contributed by atoms with Crippen LogP contribution in [0.5, 0.6) is 0 Å². The van der Waals surface area contributed by atoms with Crippen LogP contribution in [0.4, 0.5) is 0 Å². The zero-order valence-electron chi connectivity index (χ0n) is 12.2. The third kappa shape index (κ3) is 3.80. The Morgan fingerprint density at radius 1 is 1.37 bits per heavy atom. The molecule has 1 aliphatic rings. The first-order valence-corrected chi connectivity index (χ1v) is 7.96. The van der Waals surface area contributed by atoms with Crippen molar-refractivity contribution in [3.8, 4) is 0 Å². The molecule has 0 aromatic carbocycles. The smallest absolute Gasteiger partial charge is 0.0739 e. The standard InChI is InChI=1S/C14H25BrN4/c1-11-14(15)13(18(3)17-11)10-19-8-5-12(6-9-19)4-7-16-2/h12,16H,4-10H2,1-3H3. The first kappa shape index (κ1) is 15.0. The Morgan fingerprint density at radius 3 is 2.58 bits per heavy atom. The number of piperidine rings is 1. The number of nitrogens with zero attached hydrogens (tertiary/aromatic N) is 3. The van der Waals surface area contributed by atoms with E-state index in [0.717, 1.165) is 24.7 Å². The molecule has 1 saturated heterocycles. The van der Waals surface area contributed by atoms with Gasteiger partial charge in [-0.3, -0.25) is 9.58 Å². The molecule has 0 radical (unpaired) electrons. The van der Waals surface area contributed by atoms with Gasteiger partial charge in [-0.1, -0.05) is 0 Å². The molecule has 1 aromatic rings. The van der Waals surface area contributed by atoms with Gasteiger partial charge in [0.25, 0.3) is 0 Å². The average molecular weight is 329 g/mol. The Labute approximate surface area is 124 Å². The third-order valence-electron chi connectivity index (χ3n) is 4.14. The number of hydrogen-bond donors (Lipinski definition) is 1. The summed E-state index contributed by atoms with van der Waals surface area (Å²) in [7, 11) is 4.07. The van der Waals surface area contributed by atoms with E-state index in [1.807, 2.05) is 18.8 Å². The minimum absolute atomic E-state index is 0.903. The van der Waals surface area contributed by atoms with E-state index < -0.39 is 0 Å². The monoisotopic (exact) mass is 328 g/mol. The van der Waals surface area contributed by atoms with Crippen molar-refractivity contribution in [3.63, 3.8) is 0 Å². The quantitative estimate of drug-likeness (QED) is 0.900. The molecule has 108 valence electrons. The fourth-order valence-corrected chi connectivity index (χ4v) is 3.31. The van der Waals surface area contributed by atoms with Gasteiger partial charge < -0.3 is 5.32 Å². The molecule has 0 bridgehead atoms. The Balaban J connectivity index is 1.85. The second kappa shape index (κ2) is 6.86. The lowest BCUT2D eigenvalue weighted by Gasteiger charge is -2.32. The summed E-state index contributed by atoms with van der Waals surface area (Å²) in [4.78, 5) is 2.55. The molecule has 0 aliphatic carbocycles. The van der Waals surface area contributed by atoms with Gasteiger partial charge in [-0.2, -0.15) is 5.10 Å². The molecule has 1 fully saturated rings. The number of hydrogen-bond acceptors (Lipinski definition) is 3. The lowest BCUT2D eigenvalue weighted by Crippen LogP contribution is -2.34. The van der Waals surface area contributed by atoms with Gasteiger partial charge in [0.15, 0.2) is 0 Å². The summed E-state index contributed by atoms with van der Waals surface area (Å²) in [6.07, 6.45) is 3.98. The van der Waals surface area contributed by atoms with Crippen LogP contribution in [-0.2, 0) is 13.6 Å². The molecule has 19 heavy (non-hydrogen) atoms. The minimum atomic E-state index is 0.903. The molecule has 5 heteroatoms. The molecule has 1 aliphatic heterocycles. The molecule has 2 rings (SSSR count). The predicted octanol–water partition coefficient (Wildman–Crippen LogP) is 2.31. The maximum Gasteiger partial charge on any atom is 0.0739 e. The number of rotatable bonds is 5. The van der Waals surface area contributed by atoms with Crippen molar-refractivity contribution in [2.45, 2.75) is 32.7 Å². The summed E-state index contributed by atoms with van der Waals surface area (Å²) in [6.45, 7) is 6.64. The summed E-state index contributed by atoms with van der Waals surface area (Å²) in [6, 6.07) is 0. The maximum absolute atomic E-state index is 4.47. The first-order chi connectivity index (χ1) is 9.11. The zero-order chi connectivity index (χ0) is 13.8. The SMILES string of the molecule is CNCCC1CCN(Cc2c(Br)c(C)nn2C)CC1. The highest BCUT2D eigenvalue weighted by atomic mass is 79.9. The van der Waals surface area contributed by atoms with Crippen molar-refractivity contribution in [1.82, 2.24) is 20.0 Å². The number of nitrogens with one attached hydrogen (secondary N) is 1. The molecular weight excluding hydrogens is 304 g/mol. The largest absolute Gasteiger partial charge is 0.320 e. The fourth-order valence-electron chi connectivity index (χ4n) is 2.85. The van der Waals surface area contributed by atoms with E-state index in [9.17, 15) is 0 Å². The topological polar surface area (TPSA) is 33.1 Å². The highest BCUT2D eigenvalue weighted by Gasteiger charge is 2.21. The number of aromatic nitrogens is 2. The van der Waals surface area contributed by atoms with E-state index in [2.05, 4.69) is 38.2 Å². The van der Waals surface area contributed by atoms with Crippen LogP contribution in [0.1, 0.15) is 30.7 Å². The van der Waals surface area contributed by atoms with Crippen molar-refractivity contribution >= 4 is 15.9 Å². The maximum atomic E-state index is 4.47. The van der Waals surface area contributed by atoms with E-state index in [1.165, 1.54) is 42.5 Å². The van der Waals surface area contributed by atoms with Crippen molar-refractivity contribution in [2.24, 2.45) is 13.0 Å². The Bertz CT molecular complexity index is 408.